The van der Waals surface area contributed by atoms with Crippen LogP contribution >= 0.6 is 0 Å². The summed E-state index contributed by atoms with van der Waals surface area (Å²) in [4.78, 5) is 18.0. The van der Waals surface area contributed by atoms with Gasteiger partial charge in [0.2, 0.25) is 11.7 Å². The molecular formula is C15H19N3O3. The third-order valence-corrected chi connectivity index (χ3v) is 3.09. The monoisotopic (exact) mass is 289 g/mol. The molecule has 2 rings (SSSR count). The minimum atomic E-state index is 0.0281. The first-order valence-electron chi connectivity index (χ1n) is 6.95. The molecule has 0 bridgehead atoms. The van der Waals surface area contributed by atoms with Crippen LogP contribution in [0.4, 0.5) is 0 Å². The van der Waals surface area contributed by atoms with E-state index in [-0.39, 0.29) is 12.5 Å². The van der Waals surface area contributed by atoms with E-state index < -0.39 is 0 Å². The lowest BCUT2D eigenvalue weighted by Crippen LogP contribution is -2.30. The van der Waals surface area contributed by atoms with Crippen LogP contribution in [0, 0.1) is 6.92 Å². The van der Waals surface area contributed by atoms with Crippen molar-refractivity contribution in [3.63, 3.8) is 0 Å². The Bertz CT molecular complexity index is 588. The molecule has 1 heterocycles. The summed E-state index contributed by atoms with van der Waals surface area (Å²) in [7, 11) is 0. The summed E-state index contributed by atoms with van der Waals surface area (Å²) in [5.41, 5.74) is 0.654. The molecule has 0 atom stereocenters. The second kappa shape index (κ2) is 6.88. The minimum absolute atomic E-state index is 0.0281. The summed E-state index contributed by atoms with van der Waals surface area (Å²) in [5, 5.41) is 3.75. The lowest BCUT2D eigenvalue weighted by atomic mass is 10.2. The third kappa shape index (κ3) is 3.81. The first-order valence-corrected chi connectivity index (χ1v) is 6.95. The molecule has 0 radical (unpaired) electrons. The van der Waals surface area contributed by atoms with Gasteiger partial charge in [0.05, 0.1) is 0 Å². The Balaban J connectivity index is 1.97. The fraction of sp³-hybridized carbons (Fsp3) is 0.400. The topological polar surface area (TPSA) is 68.5 Å². The predicted molar refractivity (Wildman–Crippen MR) is 77.1 cm³/mol. The number of benzene rings is 1. The lowest BCUT2D eigenvalue weighted by molar-refractivity contribution is 0.0773. The standard InChI is InChI=1S/C15H19N3O3/c1-4-18(5-2)15(19)12-6-8-13(9-7-12)20-10-14-16-11(3)21-17-14/h6-9H,4-5,10H2,1-3H3. The molecule has 0 unspecified atom stereocenters. The van der Waals surface area contributed by atoms with E-state index in [9.17, 15) is 4.79 Å². The van der Waals surface area contributed by atoms with Gasteiger partial charge in [0.15, 0.2) is 6.61 Å². The van der Waals surface area contributed by atoms with Crippen LogP contribution in [0.3, 0.4) is 0 Å². The summed E-state index contributed by atoms with van der Waals surface area (Å²) < 4.78 is 10.4. The maximum atomic E-state index is 12.2. The smallest absolute Gasteiger partial charge is 0.253 e. The van der Waals surface area contributed by atoms with Gasteiger partial charge in [0.1, 0.15) is 5.75 Å². The largest absolute Gasteiger partial charge is 0.485 e. The van der Waals surface area contributed by atoms with Gasteiger partial charge in [0.25, 0.3) is 5.91 Å². The van der Waals surface area contributed by atoms with Crippen LogP contribution in [-0.4, -0.2) is 34.0 Å². The summed E-state index contributed by atoms with van der Waals surface area (Å²) >= 11 is 0. The van der Waals surface area contributed by atoms with Gasteiger partial charge in [-0.25, -0.2) is 0 Å². The fourth-order valence-electron chi connectivity index (χ4n) is 1.93. The number of ether oxygens (including phenoxy) is 1. The first-order chi connectivity index (χ1) is 10.1. The lowest BCUT2D eigenvalue weighted by Gasteiger charge is -2.18. The second-order valence-electron chi connectivity index (χ2n) is 4.52. The Morgan fingerprint density at radius 1 is 1.24 bits per heavy atom. The molecule has 6 nitrogen and oxygen atoms in total. The van der Waals surface area contributed by atoms with Gasteiger partial charge in [0, 0.05) is 25.6 Å². The molecule has 6 heteroatoms. The summed E-state index contributed by atoms with van der Waals surface area (Å²) in [6.45, 7) is 7.29. The Kier molecular flexibility index (Phi) is 4.92. The molecule has 2 aromatic rings. The highest BCUT2D eigenvalue weighted by Crippen LogP contribution is 2.15. The number of carbonyl (C=O) groups excluding carboxylic acids is 1. The Labute approximate surface area is 123 Å². The molecule has 1 aromatic carbocycles. The maximum absolute atomic E-state index is 12.2. The molecule has 112 valence electrons. The van der Waals surface area contributed by atoms with E-state index >= 15 is 0 Å². The number of amides is 1. The van der Waals surface area contributed by atoms with Crippen LogP contribution in [0.25, 0.3) is 0 Å². The van der Waals surface area contributed by atoms with Crippen molar-refractivity contribution in [3.05, 3.63) is 41.5 Å². The Morgan fingerprint density at radius 2 is 1.90 bits per heavy atom. The highest BCUT2D eigenvalue weighted by atomic mass is 16.5. The molecule has 0 fully saturated rings. The zero-order valence-electron chi connectivity index (χ0n) is 12.5. The molecule has 0 aliphatic heterocycles. The molecule has 1 aromatic heterocycles. The van der Waals surface area contributed by atoms with Gasteiger partial charge in [-0.15, -0.1) is 0 Å². The number of rotatable bonds is 6. The average Bonchev–Trinajstić information content (AvgIpc) is 2.92. The van der Waals surface area contributed by atoms with Crippen LogP contribution in [-0.2, 0) is 6.61 Å². The number of nitrogens with zero attached hydrogens (tertiary/aromatic N) is 3. The fourth-order valence-corrected chi connectivity index (χ4v) is 1.93. The number of hydrogen-bond donors (Lipinski definition) is 0. The third-order valence-electron chi connectivity index (χ3n) is 3.09. The van der Waals surface area contributed by atoms with Gasteiger partial charge in [-0.1, -0.05) is 5.16 Å². The van der Waals surface area contributed by atoms with E-state index in [2.05, 4.69) is 10.1 Å². The molecule has 0 aliphatic rings. The second-order valence-corrected chi connectivity index (χ2v) is 4.52. The zero-order valence-corrected chi connectivity index (χ0v) is 12.5. The van der Waals surface area contributed by atoms with Crippen molar-refractivity contribution in [2.75, 3.05) is 13.1 Å². The van der Waals surface area contributed by atoms with Gasteiger partial charge in [-0.05, 0) is 38.1 Å². The molecule has 0 aliphatic carbocycles. The zero-order chi connectivity index (χ0) is 15.2. The van der Waals surface area contributed by atoms with E-state index in [0.717, 1.165) is 0 Å². The SMILES string of the molecule is CCN(CC)C(=O)c1ccc(OCc2noc(C)n2)cc1. The molecule has 0 N–H and O–H groups in total. The average molecular weight is 289 g/mol. The van der Waals surface area contributed by atoms with Crippen molar-refractivity contribution < 1.29 is 14.1 Å². The van der Waals surface area contributed by atoms with Crippen LogP contribution < -0.4 is 4.74 Å². The van der Waals surface area contributed by atoms with Crippen molar-refractivity contribution >= 4 is 5.91 Å². The van der Waals surface area contributed by atoms with Crippen molar-refractivity contribution in [2.45, 2.75) is 27.4 Å². The van der Waals surface area contributed by atoms with E-state index in [0.29, 0.717) is 36.1 Å². The molecule has 0 spiro atoms. The normalized spacial score (nSPS) is 10.4. The van der Waals surface area contributed by atoms with Gasteiger partial charge in [-0.2, -0.15) is 4.98 Å². The molecular weight excluding hydrogens is 270 g/mol. The number of aryl methyl sites for hydroxylation is 1. The Morgan fingerprint density at radius 3 is 2.43 bits per heavy atom. The summed E-state index contributed by atoms with van der Waals surface area (Å²) in [6, 6.07) is 7.06. The van der Waals surface area contributed by atoms with Crippen molar-refractivity contribution in [3.8, 4) is 5.75 Å². The van der Waals surface area contributed by atoms with Crippen LogP contribution in [0.1, 0.15) is 35.9 Å². The van der Waals surface area contributed by atoms with E-state index in [1.807, 2.05) is 13.8 Å². The van der Waals surface area contributed by atoms with E-state index in [1.165, 1.54) is 0 Å². The van der Waals surface area contributed by atoms with Crippen molar-refractivity contribution in [1.29, 1.82) is 0 Å². The minimum Gasteiger partial charge on any atom is -0.485 e. The van der Waals surface area contributed by atoms with Crippen molar-refractivity contribution in [1.82, 2.24) is 15.0 Å². The Hall–Kier alpha value is -2.37. The highest BCUT2D eigenvalue weighted by Gasteiger charge is 2.12. The predicted octanol–water partition coefficient (Wildman–Crippen LogP) is 2.44. The first kappa shape index (κ1) is 15.0. The van der Waals surface area contributed by atoms with Crippen LogP contribution in [0.5, 0.6) is 5.75 Å². The van der Waals surface area contributed by atoms with Gasteiger partial charge >= 0.3 is 0 Å². The van der Waals surface area contributed by atoms with Gasteiger partial charge < -0.3 is 14.2 Å². The molecule has 1 amide bonds. The quantitative estimate of drug-likeness (QED) is 0.817. The van der Waals surface area contributed by atoms with E-state index in [1.54, 1.807) is 36.1 Å². The van der Waals surface area contributed by atoms with Crippen molar-refractivity contribution in [2.24, 2.45) is 0 Å². The molecule has 21 heavy (non-hydrogen) atoms. The summed E-state index contributed by atoms with van der Waals surface area (Å²) in [5.74, 6) is 1.69. The number of hydrogen-bond acceptors (Lipinski definition) is 5. The van der Waals surface area contributed by atoms with Crippen LogP contribution in [0.2, 0.25) is 0 Å². The van der Waals surface area contributed by atoms with E-state index in [4.69, 9.17) is 9.26 Å². The maximum Gasteiger partial charge on any atom is 0.253 e. The highest BCUT2D eigenvalue weighted by molar-refractivity contribution is 5.94. The number of carbonyl (C=O) groups is 1. The summed E-state index contributed by atoms with van der Waals surface area (Å²) in [6.07, 6.45) is 0. The molecule has 0 saturated heterocycles. The van der Waals surface area contributed by atoms with Gasteiger partial charge in [-0.3, -0.25) is 4.79 Å². The number of aromatic nitrogens is 2. The van der Waals surface area contributed by atoms with Crippen LogP contribution in [0.15, 0.2) is 28.8 Å². The molecule has 0 saturated carbocycles.